The number of H-pyrrole nitrogens is 1. The Kier molecular flexibility index (Phi) is 4.80. The molecule has 1 aromatic heterocycles. The highest BCUT2D eigenvalue weighted by Gasteiger charge is 2.13. The smallest absolute Gasteiger partial charge is 0.336 e. The lowest BCUT2D eigenvalue weighted by Crippen LogP contribution is -2.10. The molecule has 1 aromatic carbocycles. The maximum atomic E-state index is 11.6. The zero-order chi connectivity index (χ0) is 15.4. The molecule has 0 aliphatic rings. The molecule has 110 valence electrons. The fraction of sp³-hybridized carbons (Fsp3) is 0.267. The average Bonchev–Trinajstić information content (AvgIpc) is 2.38. The van der Waals surface area contributed by atoms with Gasteiger partial charge in [0.2, 0.25) is 0 Å². The number of nitrogens with zero attached hydrogens (tertiary/aromatic N) is 1. The Morgan fingerprint density at radius 1 is 1.38 bits per heavy atom. The molecule has 6 heteroatoms. The predicted molar refractivity (Wildman–Crippen MR) is 81.1 cm³/mol. The molecule has 0 unspecified atom stereocenters. The van der Waals surface area contributed by atoms with E-state index >= 15 is 0 Å². The Hall–Kier alpha value is -2.08. The summed E-state index contributed by atoms with van der Waals surface area (Å²) in [6.45, 7) is 3.90. The van der Waals surface area contributed by atoms with Gasteiger partial charge in [-0.25, -0.2) is 9.78 Å². The molecule has 0 saturated carbocycles. The number of rotatable bonds is 5. The summed E-state index contributed by atoms with van der Waals surface area (Å²) in [7, 11) is 0. The molecule has 0 aliphatic carbocycles. The number of aromatic carboxylic acids is 1. The SMILES string of the molecule is CCCc1cc(=O)[nH]c(Sc2cc(C)ccc2C(=O)O)n1. The number of aromatic nitrogens is 2. The van der Waals surface area contributed by atoms with Crippen molar-refractivity contribution in [2.75, 3.05) is 0 Å². The van der Waals surface area contributed by atoms with E-state index in [-0.39, 0.29) is 11.1 Å². The Morgan fingerprint density at radius 3 is 2.81 bits per heavy atom. The maximum Gasteiger partial charge on any atom is 0.336 e. The summed E-state index contributed by atoms with van der Waals surface area (Å²) in [5.41, 5.74) is 1.65. The Labute approximate surface area is 126 Å². The van der Waals surface area contributed by atoms with Gasteiger partial charge in [0.15, 0.2) is 5.16 Å². The largest absolute Gasteiger partial charge is 0.478 e. The van der Waals surface area contributed by atoms with Gasteiger partial charge in [-0.05, 0) is 31.0 Å². The van der Waals surface area contributed by atoms with E-state index < -0.39 is 5.97 Å². The first-order chi connectivity index (χ1) is 9.99. The molecule has 2 aromatic rings. The minimum atomic E-state index is -0.996. The number of aromatic amines is 1. The second-order valence-electron chi connectivity index (χ2n) is 4.70. The van der Waals surface area contributed by atoms with Gasteiger partial charge in [-0.3, -0.25) is 4.79 Å². The third-order valence-electron chi connectivity index (χ3n) is 2.85. The van der Waals surface area contributed by atoms with Crippen LogP contribution in [-0.2, 0) is 6.42 Å². The summed E-state index contributed by atoms with van der Waals surface area (Å²) >= 11 is 1.16. The van der Waals surface area contributed by atoms with Crippen molar-refractivity contribution in [3.63, 3.8) is 0 Å². The predicted octanol–water partition coefficient (Wildman–Crippen LogP) is 2.88. The molecule has 0 aliphatic heterocycles. The second-order valence-corrected chi connectivity index (χ2v) is 5.73. The van der Waals surface area contributed by atoms with Crippen LogP contribution < -0.4 is 5.56 Å². The lowest BCUT2D eigenvalue weighted by Gasteiger charge is -2.07. The van der Waals surface area contributed by atoms with Gasteiger partial charge in [0.25, 0.3) is 5.56 Å². The van der Waals surface area contributed by atoms with Crippen LogP contribution in [0, 0.1) is 6.92 Å². The van der Waals surface area contributed by atoms with Gasteiger partial charge >= 0.3 is 5.97 Å². The Morgan fingerprint density at radius 2 is 2.14 bits per heavy atom. The van der Waals surface area contributed by atoms with Crippen molar-refractivity contribution in [2.24, 2.45) is 0 Å². The summed E-state index contributed by atoms with van der Waals surface area (Å²) in [5, 5.41) is 9.64. The number of carboxylic acids is 1. The van der Waals surface area contributed by atoms with Crippen LogP contribution in [0.2, 0.25) is 0 Å². The lowest BCUT2D eigenvalue weighted by atomic mass is 10.1. The van der Waals surface area contributed by atoms with Crippen molar-refractivity contribution in [1.29, 1.82) is 0 Å². The molecular weight excluding hydrogens is 288 g/mol. The van der Waals surface area contributed by atoms with Gasteiger partial charge < -0.3 is 10.1 Å². The van der Waals surface area contributed by atoms with E-state index in [2.05, 4.69) is 9.97 Å². The van der Waals surface area contributed by atoms with Crippen LogP contribution in [0.3, 0.4) is 0 Å². The molecule has 1 heterocycles. The second kappa shape index (κ2) is 6.58. The summed E-state index contributed by atoms with van der Waals surface area (Å²) in [4.78, 5) is 30.5. The zero-order valence-electron chi connectivity index (χ0n) is 11.8. The van der Waals surface area contributed by atoms with Gasteiger partial charge in [0.1, 0.15) is 0 Å². The number of aryl methyl sites for hydroxylation is 2. The molecule has 0 bridgehead atoms. The van der Waals surface area contributed by atoms with Crippen LogP contribution in [0.1, 0.15) is 35.0 Å². The van der Waals surface area contributed by atoms with Crippen LogP contribution in [0.4, 0.5) is 0 Å². The third-order valence-corrected chi connectivity index (χ3v) is 3.80. The van der Waals surface area contributed by atoms with Crippen molar-refractivity contribution < 1.29 is 9.90 Å². The molecule has 5 nitrogen and oxygen atoms in total. The molecule has 0 radical (unpaired) electrons. The first-order valence-electron chi connectivity index (χ1n) is 6.61. The number of benzene rings is 1. The fourth-order valence-corrected chi connectivity index (χ4v) is 2.94. The summed E-state index contributed by atoms with van der Waals surface area (Å²) in [6.07, 6.45) is 1.61. The lowest BCUT2D eigenvalue weighted by molar-refractivity contribution is 0.0693. The van der Waals surface area contributed by atoms with E-state index in [0.29, 0.717) is 15.7 Å². The maximum absolute atomic E-state index is 11.6. The van der Waals surface area contributed by atoms with Crippen molar-refractivity contribution >= 4 is 17.7 Å². The normalized spacial score (nSPS) is 10.6. The van der Waals surface area contributed by atoms with Gasteiger partial charge in [-0.15, -0.1) is 0 Å². The molecule has 0 fully saturated rings. The minimum Gasteiger partial charge on any atom is -0.478 e. The number of carbonyl (C=O) groups is 1. The molecule has 0 amide bonds. The molecule has 0 atom stereocenters. The van der Waals surface area contributed by atoms with Gasteiger partial charge in [0, 0.05) is 16.7 Å². The minimum absolute atomic E-state index is 0.203. The van der Waals surface area contributed by atoms with Crippen LogP contribution in [0.5, 0.6) is 0 Å². The van der Waals surface area contributed by atoms with Crippen LogP contribution in [0.25, 0.3) is 0 Å². The van der Waals surface area contributed by atoms with E-state index in [4.69, 9.17) is 0 Å². The summed E-state index contributed by atoms with van der Waals surface area (Å²) < 4.78 is 0. The van der Waals surface area contributed by atoms with E-state index in [1.54, 1.807) is 18.2 Å². The van der Waals surface area contributed by atoms with Crippen molar-refractivity contribution in [3.05, 3.63) is 51.4 Å². The summed E-state index contributed by atoms with van der Waals surface area (Å²) in [6, 6.07) is 6.56. The summed E-state index contributed by atoms with van der Waals surface area (Å²) in [5.74, 6) is -0.996. The first-order valence-corrected chi connectivity index (χ1v) is 7.43. The van der Waals surface area contributed by atoms with Crippen LogP contribution in [-0.4, -0.2) is 21.0 Å². The average molecular weight is 304 g/mol. The number of hydrogen-bond acceptors (Lipinski definition) is 4. The Balaban J connectivity index is 2.40. The molecular formula is C15H16N2O3S. The number of hydrogen-bond donors (Lipinski definition) is 2. The molecule has 21 heavy (non-hydrogen) atoms. The number of carboxylic acid groups (broad SMARTS) is 1. The number of nitrogens with one attached hydrogen (secondary N) is 1. The standard InChI is InChI=1S/C15H16N2O3S/c1-3-4-10-8-13(18)17-15(16-10)21-12-7-9(2)5-6-11(12)14(19)20/h5-8H,3-4H2,1-2H3,(H,19,20)(H,16,17,18). The van der Waals surface area contributed by atoms with Gasteiger partial charge in [0.05, 0.1) is 5.56 Å². The van der Waals surface area contributed by atoms with E-state index in [9.17, 15) is 14.7 Å². The molecule has 2 N–H and O–H groups in total. The first kappa shape index (κ1) is 15.3. The van der Waals surface area contributed by atoms with Crippen LogP contribution >= 0.6 is 11.8 Å². The quantitative estimate of drug-likeness (QED) is 0.830. The monoisotopic (exact) mass is 304 g/mol. The van der Waals surface area contributed by atoms with Crippen molar-refractivity contribution in [3.8, 4) is 0 Å². The van der Waals surface area contributed by atoms with Crippen LogP contribution in [0.15, 0.2) is 39.1 Å². The van der Waals surface area contributed by atoms with E-state index in [1.165, 1.54) is 6.07 Å². The molecule has 0 saturated heterocycles. The van der Waals surface area contributed by atoms with E-state index in [0.717, 1.165) is 30.2 Å². The molecule has 2 rings (SSSR count). The fourth-order valence-electron chi connectivity index (χ4n) is 1.91. The molecule has 0 spiro atoms. The highest BCUT2D eigenvalue weighted by Crippen LogP contribution is 2.28. The third kappa shape index (κ3) is 3.95. The van der Waals surface area contributed by atoms with Gasteiger partial charge in [-0.1, -0.05) is 31.2 Å². The highest BCUT2D eigenvalue weighted by molar-refractivity contribution is 7.99. The Bertz CT molecular complexity index is 725. The van der Waals surface area contributed by atoms with Gasteiger partial charge in [-0.2, -0.15) is 0 Å². The highest BCUT2D eigenvalue weighted by atomic mass is 32.2. The topological polar surface area (TPSA) is 83.0 Å². The van der Waals surface area contributed by atoms with E-state index in [1.807, 2.05) is 13.8 Å². The zero-order valence-corrected chi connectivity index (χ0v) is 12.7. The van der Waals surface area contributed by atoms with Crippen molar-refractivity contribution in [1.82, 2.24) is 9.97 Å². The van der Waals surface area contributed by atoms with Crippen molar-refractivity contribution in [2.45, 2.75) is 36.7 Å².